The van der Waals surface area contributed by atoms with E-state index in [0.29, 0.717) is 17.3 Å². The van der Waals surface area contributed by atoms with Gasteiger partial charge < -0.3 is 15.0 Å². The Balaban J connectivity index is 2.15. The number of hydrogen-bond donors (Lipinski definition) is 1. The van der Waals surface area contributed by atoms with Crippen molar-refractivity contribution in [3.05, 3.63) is 34.9 Å². The predicted octanol–water partition coefficient (Wildman–Crippen LogP) is 3.24. The molecule has 2 unspecified atom stereocenters. The molecule has 5 nitrogen and oxygen atoms in total. The molecule has 0 spiro atoms. The van der Waals surface area contributed by atoms with Crippen LogP contribution in [0.2, 0.25) is 5.02 Å². The minimum atomic E-state index is -0.504. The Kier molecular flexibility index (Phi) is 8.06. The maximum Gasteiger partial charge on any atom is 0.250 e. The predicted molar refractivity (Wildman–Crippen MR) is 102 cm³/mol. The summed E-state index contributed by atoms with van der Waals surface area (Å²) in [6.07, 6.45) is 3.12. The molecule has 25 heavy (non-hydrogen) atoms. The number of unbranched alkanes of at least 4 members (excludes halogenated alkanes) is 2. The SMILES string of the molecule is CCCCCNC(=O)C1CSC(c2ccccc2Cl)N1C(=O)COC. The first kappa shape index (κ1) is 20.1. The van der Waals surface area contributed by atoms with Crippen molar-refractivity contribution < 1.29 is 14.3 Å². The molecule has 2 atom stereocenters. The molecule has 0 aliphatic carbocycles. The molecule has 0 radical (unpaired) electrons. The fraction of sp³-hybridized carbons (Fsp3) is 0.556. The summed E-state index contributed by atoms with van der Waals surface area (Å²) in [5.74, 6) is 0.235. The Bertz CT molecular complexity index is 599. The zero-order valence-electron chi connectivity index (χ0n) is 14.7. The summed E-state index contributed by atoms with van der Waals surface area (Å²) >= 11 is 7.87. The third-order valence-corrected chi connectivity index (χ3v) is 5.76. The van der Waals surface area contributed by atoms with Gasteiger partial charge in [-0.05, 0) is 12.5 Å². The first-order valence-electron chi connectivity index (χ1n) is 8.54. The van der Waals surface area contributed by atoms with Crippen molar-refractivity contribution in [1.82, 2.24) is 10.2 Å². The molecule has 1 aliphatic rings. The molecular weight excluding hydrogens is 360 g/mol. The lowest BCUT2D eigenvalue weighted by atomic mass is 10.1. The highest BCUT2D eigenvalue weighted by molar-refractivity contribution is 7.99. The fourth-order valence-electron chi connectivity index (χ4n) is 2.83. The van der Waals surface area contributed by atoms with Gasteiger partial charge in [-0.15, -0.1) is 11.8 Å². The van der Waals surface area contributed by atoms with Crippen LogP contribution in [0.5, 0.6) is 0 Å². The third kappa shape index (κ3) is 5.12. The normalized spacial score (nSPS) is 19.9. The molecule has 0 aromatic heterocycles. The fourth-order valence-corrected chi connectivity index (χ4v) is 4.62. The molecule has 1 aromatic rings. The Labute approximate surface area is 158 Å². The Morgan fingerprint density at radius 3 is 2.80 bits per heavy atom. The molecule has 138 valence electrons. The summed E-state index contributed by atoms with van der Waals surface area (Å²) in [7, 11) is 1.48. The number of carbonyl (C=O) groups is 2. The van der Waals surface area contributed by atoms with Gasteiger partial charge >= 0.3 is 0 Å². The second-order valence-electron chi connectivity index (χ2n) is 5.96. The zero-order valence-corrected chi connectivity index (χ0v) is 16.2. The number of carbonyl (C=O) groups excluding carboxylic acids is 2. The number of rotatable bonds is 8. The Morgan fingerprint density at radius 2 is 2.12 bits per heavy atom. The van der Waals surface area contributed by atoms with Crippen LogP contribution in [0.4, 0.5) is 0 Å². The summed E-state index contributed by atoms with van der Waals surface area (Å²) in [6, 6.07) is 6.93. The average molecular weight is 385 g/mol. The first-order valence-corrected chi connectivity index (χ1v) is 9.96. The van der Waals surface area contributed by atoms with E-state index in [4.69, 9.17) is 16.3 Å². The molecule has 2 rings (SSSR count). The lowest BCUT2D eigenvalue weighted by Gasteiger charge is -2.29. The molecular formula is C18H25ClN2O3S. The third-order valence-electron chi connectivity index (χ3n) is 4.11. The van der Waals surface area contributed by atoms with Crippen molar-refractivity contribution in [2.45, 2.75) is 37.6 Å². The van der Waals surface area contributed by atoms with Gasteiger partial charge in [0, 0.05) is 30.0 Å². The van der Waals surface area contributed by atoms with E-state index in [1.807, 2.05) is 18.2 Å². The molecule has 1 saturated heterocycles. The van der Waals surface area contributed by atoms with E-state index in [1.54, 1.807) is 22.7 Å². The number of nitrogens with one attached hydrogen (secondary N) is 1. The van der Waals surface area contributed by atoms with E-state index in [9.17, 15) is 9.59 Å². The number of hydrogen-bond acceptors (Lipinski definition) is 4. The number of amides is 2. The summed E-state index contributed by atoms with van der Waals surface area (Å²) in [5, 5.41) is 3.27. The van der Waals surface area contributed by atoms with Gasteiger partial charge in [-0.1, -0.05) is 49.6 Å². The largest absolute Gasteiger partial charge is 0.375 e. The van der Waals surface area contributed by atoms with Gasteiger partial charge in [0.25, 0.3) is 0 Å². The van der Waals surface area contributed by atoms with E-state index in [1.165, 1.54) is 7.11 Å². The van der Waals surface area contributed by atoms with Crippen LogP contribution in [0.1, 0.15) is 37.1 Å². The summed E-state index contributed by atoms with van der Waals surface area (Å²) in [5.41, 5.74) is 0.847. The number of thioether (sulfide) groups is 1. The molecule has 0 bridgehead atoms. The molecule has 7 heteroatoms. The van der Waals surface area contributed by atoms with Crippen LogP contribution in [0.15, 0.2) is 24.3 Å². The molecule has 2 amide bonds. The maximum absolute atomic E-state index is 12.6. The van der Waals surface area contributed by atoms with Gasteiger partial charge in [-0.2, -0.15) is 0 Å². The monoisotopic (exact) mass is 384 g/mol. The van der Waals surface area contributed by atoms with Crippen LogP contribution in [0.3, 0.4) is 0 Å². The number of ether oxygens (including phenoxy) is 1. The Morgan fingerprint density at radius 1 is 1.36 bits per heavy atom. The van der Waals surface area contributed by atoms with Crippen molar-refractivity contribution in [2.75, 3.05) is 26.0 Å². The summed E-state index contributed by atoms with van der Waals surface area (Å²) in [4.78, 5) is 26.8. The zero-order chi connectivity index (χ0) is 18.2. The van der Waals surface area contributed by atoms with Crippen molar-refractivity contribution in [2.24, 2.45) is 0 Å². The van der Waals surface area contributed by atoms with Crippen LogP contribution < -0.4 is 5.32 Å². The van der Waals surface area contributed by atoms with E-state index >= 15 is 0 Å². The van der Waals surface area contributed by atoms with Crippen LogP contribution >= 0.6 is 23.4 Å². The molecule has 1 heterocycles. The van der Waals surface area contributed by atoms with Gasteiger partial charge in [0.15, 0.2) is 0 Å². The quantitative estimate of drug-likeness (QED) is 0.699. The van der Waals surface area contributed by atoms with Crippen LogP contribution in [-0.2, 0) is 14.3 Å². The van der Waals surface area contributed by atoms with E-state index < -0.39 is 6.04 Å². The standard InChI is InChI=1S/C18H25ClN2O3S/c1-3-4-7-10-20-17(23)15-12-25-18(21(15)16(22)11-24-2)13-8-5-6-9-14(13)19/h5-6,8-9,15,18H,3-4,7,10-12H2,1-2H3,(H,20,23). The number of nitrogens with zero attached hydrogens (tertiary/aromatic N) is 1. The molecule has 1 fully saturated rings. The topological polar surface area (TPSA) is 58.6 Å². The van der Waals surface area contributed by atoms with Gasteiger partial charge in [0.1, 0.15) is 18.0 Å². The minimum absolute atomic E-state index is 0.0544. The van der Waals surface area contributed by atoms with E-state index in [0.717, 1.165) is 24.8 Å². The number of benzene rings is 1. The van der Waals surface area contributed by atoms with Gasteiger partial charge in [0.05, 0.1) is 0 Å². The molecule has 1 aliphatic heterocycles. The molecule has 1 N–H and O–H groups in total. The van der Waals surface area contributed by atoms with Gasteiger partial charge in [0.2, 0.25) is 11.8 Å². The number of halogens is 1. The second kappa shape index (κ2) is 10.0. The smallest absolute Gasteiger partial charge is 0.250 e. The molecule has 1 aromatic carbocycles. The van der Waals surface area contributed by atoms with Crippen molar-refractivity contribution in [3.8, 4) is 0 Å². The first-order chi connectivity index (χ1) is 12.1. The van der Waals surface area contributed by atoms with E-state index in [2.05, 4.69) is 12.2 Å². The summed E-state index contributed by atoms with van der Waals surface area (Å²) < 4.78 is 5.01. The second-order valence-corrected chi connectivity index (χ2v) is 7.48. The minimum Gasteiger partial charge on any atom is -0.375 e. The Hall–Kier alpha value is -1.24. The lowest BCUT2D eigenvalue weighted by molar-refractivity contribution is -0.142. The van der Waals surface area contributed by atoms with Crippen molar-refractivity contribution >= 4 is 35.2 Å². The van der Waals surface area contributed by atoms with Gasteiger partial charge in [-0.25, -0.2) is 0 Å². The average Bonchev–Trinajstić information content (AvgIpc) is 3.04. The van der Waals surface area contributed by atoms with Crippen molar-refractivity contribution in [3.63, 3.8) is 0 Å². The lowest BCUT2D eigenvalue weighted by Crippen LogP contribution is -2.49. The maximum atomic E-state index is 12.6. The number of methoxy groups -OCH3 is 1. The highest BCUT2D eigenvalue weighted by Gasteiger charge is 2.42. The molecule has 0 saturated carbocycles. The van der Waals surface area contributed by atoms with E-state index in [-0.39, 0.29) is 23.8 Å². The van der Waals surface area contributed by atoms with Crippen LogP contribution in [-0.4, -0.2) is 48.8 Å². The van der Waals surface area contributed by atoms with Crippen molar-refractivity contribution in [1.29, 1.82) is 0 Å². The van der Waals surface area contributed by atoms with Crippen LogP contribution in [0, 0.1) is 0 Å². The van der Waals surface area contributed by atoms with Crippen LogP contribution in [0.25, 0.3) is 0 Å². The van der Waals surface area contributed by atoms with Gasteiger partial charge in [-0.3, -0.25) is 9.59 Å². The summed E-state index contributed by atoms with van der Waals surface area (Å²) in [6.45, 7) is 2.70. The highest BCUT2D eigenvalue weighted by Crippen LogP contribution is 2.43. The highest BCUT2D eigenvalue weighted by atomic mass is 35.5.